The van der Waals surface area contributed by atoms with Crippen LogP contribution < -0.4 is 10.6 Å². The fourth-order valence-corrected chi connectivity index (χ4v) is 3.38. The van der Waals surface area contributed by atoms with Crippen LogP contribution in [0.4, 0.5) is 0 Å². The molecule has 1 aromatic rings. The highest BCUT2D eigenvalue weighted by molar-refractivity contribution is 14.0. The van der Waals surface area contributed by atoms with E-state index >= 15 is 0 Å². The molecule has 1 unspecified atom stereocenters. The molecule has 1 atom stereocenters. The minimum Gasteiger partial charge on any atom is -0.379 e. The molecule has 0 bridgehead atoms. The normalized spacial score (nSPS) is 18.0. The predicted molar refractivity (Wildman–Crippen MR) is 117 cm³/mol. The number of hydrogen-bond acceptors (Lipinski definition) is 4. The second-order valence-corrected chi connectivity index (χ2v) is 7.64. The third kappa shape index (κ3) is 8.23. The Labute approximate surface area is 173 Å². The largest absolute Gasteiger partial charge is 0.379 e. The monoisotopic (exact) mass is 481 g/mol. The van der Waals surface area contributed by atoms with Gasteiger partial charge in [0.05, 0.1) is 19.3 Å². The van der Waals surface area contributed by atoms with Gasteiger partial charge in [-0.3, -0.25) is 4.99 Å². The van der Waals surface area contributed by atoms with Crippen LogP contribution in [0.5, 0.6) is 0 Å². The first-order chi connectivity index (χ1) is 11.6. The summed E-state index contributed by atoms with van der Waals surface area (Å²) in [7, 11) is 0. The van der Waals surface area contributed by atoms with E-state index in [-0.39, 0.29) is 29.4 Å². The van der Waals surface area contributed by atoms with Crippen LogP contribution in [0.1, 0.15) is 38.5 Å². The Bertz CT molecular complexity index is 489. The Morgan fingerprint density at radius 3 is 2.92 bits per heavy atom. The second-order valence-electron chi connectivity index (χ2n) is 6.69. The van der Waals surface area contributed by atoms with Crippen LogP contribution in [0, 0.1) is 0 Å². The average molecular weight is 481 g/mol. The van der Waals surface area contributed by atoms with Crippen LogP contribution >= 0.6 is 35.3 Å². The number of aliphatic imine (C=N–C) groups is 1. The first-order valence-electron chi connectivity index (χ1n) is 8.87. The van der Waals surface area contributed by atoms with E-state index in [1.54, 1.807) is 11.3 Å². The summed E-state index contributed by atoms with van der Waals surface area (Å²) in [5.41, 5.74) is 0.0576. The van der Waals surface area contributed by atoms with E-state index in [1.807, 2.05) is 0 Å². The summed E-state index contributed by atoms with van der Waals surface area (Å²) in [6.07, 6.45) is 2.28. The van der Waals surface area contributed by atoms with Crippen molar-refractivity contribution in [2.24, 2.45) is 4.99 Å². The van der Waals surface area contributed by atoms with Crippen LogP contribution in [0.3, 0.4) is 0 Å². The maximum atomic E-state index is 5.78. The van der Waals surface area contributed by atoms with Crippen LogP contribution in [0.2, 0.25) is 0 Å². The highest BCUT2D eigenvalue weighted by Gasteiger charge is 2.21. The number of nitrogens with zero attached hydrogens (tertiary/aromatic N) is 1. The molecule has 0 saturated carbocycles. The zero-order chi connectivity index (χ0) is 17.3. The maximum Gasteiger partial charge on any atom is 0.191 e. The van der Waals surface area contributed by atoms with E-state index in [0.29, 0.717) is 6.10 Å². The minimum absolute atomic E-state index is 0. The van der Waals surface area contributed by atoms with Crippen molar-refractivity contribution in [1.29, 1.82) is 0 Å². The SMILES string of the molecule is CCNC(=NCC(C)(C)c1cccs1)NCCCOC1CCOC1.I. The van der Waals surface area contributed by atoms with Gasteiger partial charge >= 0.3 is 0 Å². The summed E-state index contributed by atoms with van der Waals surface area (Å²) >= 11 is 1.79. The Morgan fingerprint density at radius 1 is 1.44 bits per heavy atom. The molecule has 0 amide bonds. The molecule has 1 aliphatic rings. The molecule has 1 aliphatic heterocycles. The van der Waals surface area contributed by atoms with Crippen molar-refractivity contribution in [2.45, 2.75) is 45.1 Å². The summed E-state index contributed by atoms with van der Waals surface area (Å²) in [5.74, 6) is 0.881. The molecule has 1 aromatic heterocycles. The lowest BCUT2D eigenvalue weighted by Crippen LogP contribution is -2.39. The summed E-state index contributed by atoms with van der Waals surface area (Å²) in [6, 6.07) is 4.29. The number of ether oxygens (including phenoxy) is 2. The van der Waals surface area contributed by atoms with Gasteiger partial charge < -0.3 is 20.1 Å². The Hall–Kier alpha value is -0.380. The summed E-state index contributed by atoms with van der Waals surface area (Å²) in [6.45, 7) is 11.4. The second kappa shape index (κ2) is 12.1. The average Bonchev–Trinajstić information content (AvgIpc) is 3.25. The van der Waals surface area contributed by atoms with Gasteiger partial charge in [0.25, 0.3) is 0 Å². The summed E-state index contributed by atoms with van der Waals surface area (Å²) in [5, 5.41) is 8.83. The number of hydrogen-bond donors (Lipinski definition) is 2. The lowest BCUT2D eigenvalue weighted by atomic mass is 9.92. The molecule has 2 N–H and O–H groups in total. The smallest absolute Gasteiger partial charge is 0.191 e. The molecule has 0 spiro atoms. The first-order valence-corrected chi connectivity index (χ1v) is 9.75. The third-order valence-electron chi connectivity index (χ3n) is 4.02. The molecule has 0 aliphatic carbocycles. The van der Waals surface area contributed by atoms with Gasteiger partial charge in [0.1, 0.15) is 0 Å². The topological polar surface area (TPSA) is 54.9 Å². The van der Waals surface area contributed by atoms with E-state index < -0.39 is 0 Å². The number of nitrogens with one attached hydrogen (secondary N) is 2. The van der Waals surface area contributed by atoms with Crippen molar-refractivity contribution in [1.82, 2.24) is 10.6 Å². The van der Waals surface area contributed by atoms with Gasteiger partial charge in [-0.15, -0.1) is 35.3 Å². The Morgan fingerprint density at radius 2 is 2.28 bits per heavy atom. The molecule has 0 aromatic carbocycles. The van der Waals surface area contributed by atoms with Crippen molar-refractivity contribution in [3.63, 3.8) is 0 Å². The van der Waals surface area contributed by atoms with Gasteiger partial charge in [0, 0.05) is 36.6 Å². The molecule has 144 valence electrons. The zero-order valence-corrected chi connectivity index (χ0v) is 18.7. The third-order valence-corrected chi connectivity index (χ3v) is 5.26. The number of guanidine groups is 1. The van der Waals surface area contributed by atoms with Gasteiger partial charge in [-0.25, -0.2) is 0 Å². The first kappa shape index (κ1) is 22.7. The van der Waals surface area contributed by atoms with Crippen molar-refractivity contribution < 1.29 is 9.47 Å². The number of thiophene rings is 1. The van der Waals surface area contributed by atoms with E-state index in [1.165, 1.54) is 4.88 Å². The lowest BCUT2D eigenvalue weighted by Gasteiger charge is -2.22. The summed E-state index contributed by atoms with van der Waals surface area (Å²) in [4.78, 5) is 6.13. The van der Waals surface area contributed by atoms with Gasteiger partial charge in [-0.1, -0.05) is 19.9 Å². The van der Waals surface area contributed by atoms with Crippen molar-refractivity contribution in [3.8, 4) is 0 Å². The predicted octanol–water partition coefficient (Wildman–Crippen LogP) is 3.39. The van der Waals surface area contributed by atoms with E-state index in [4.69, 9.17) is 14.5 Å². The van der Waals surface area contributed by atoms with Crippen LogP contribution in [-0.2, 0) is 14.9 Å². The molecular weight excluding hydrogens is 449 g/mol. The fourth-order valence-electron chi connectivity index (χ4n) is 2.53. The number of rotatable bonds is 9. The standard InChI is InChI=1S/C18H31N3O2S.HI/c1-4-19-17(20-9-6-10-23-15-8-11-22-13-15)21-14-18(2,3)16-7-5-12-24-16;/h5,7,12,15H,4,6,8-11,13-14H2,1-3H3,(H2,19,20,21);1H. The highest BCUT2D eigenvalue weighted by atomic mass is 127. The van der Waals surface area contributed by atoms with Crippen molar-refractivity contribution in [2.75, 3.05) is 39.5 Å². The van der Waals surface area contributed by atoms with Crippen molar-refractivity contribution in [3.05, 3.63) is 22.4 Å². The van der Waals surface area contributed by atoms with Gasteiger partial charge in [0.15, 0.2) is 5.96 Å². The van der Waals surface area contributed by atoms with Crippen LogP contribution in [-0.4, -0.2) is 51.5 Å². The maximum absolute atomic E-state index is 5.78. The minimum atomic E-state index is 0. The van der Waals surface area contributed by atoms with Gasteiger partial charge in [-0.05, 0) is 31.2 Å². The Kier molecular flexibility index (Phi) is 11.0. The van der Waals surface area contributed by atoms with Gasteiger partial charge in [0.2, 0.25) is 0 Å². The molecular formula is C18H32IN3O2S. The Balaban J connectivity index is 0.00000312. The zero-order valence-electron chi connectivity index (χ0n) is 15.5. The van der Waals surface area contributed by atoms with E-state index in [0.717, 1.165) is 58.3 Å². The molecule has 0 radical (unpaired) electrons. The molecule has 2 heterocycles. The van der Waals surface area contributed by atoms with Crippen LogP contribution in [0.25, 0.3) is 0 Å². The van der Waals surface area contributed by atoms with Crippen molar-refractivity contribution >= 4 is 41.3 Å². The molecule has 1 fully saturated rings. The van der Waals surface area contributed by atoms with Crippen LogP contribution in [0.15, 0.2) is 22.5 Å². The molecule has 2 rings (SSSR count). The quantitative estimate of drug-likeness (QED) is 0.246. The fraction of sp³-hybridized carbons (Fsp3) is 0.722. The van der Waals surface area contributed by atoms with E-state index in [9.17, 15) is 0 Å². The van der Waals surface area contributed by atoms with E-state index in [2.05, 4.69) is 48.9 Å². The molecule has 7 heteroatoms. The summed E-state index contributed by atoms with van der Waals surface area (Å²) < 4.78 is 11.1. The number of halogens is 1. The lowest BCUT2D eigenvalue weighted by molar-refractivity contribution is 0.0420. The molecule has 25 heavy (non-hydrogen) atoms. The highest BCUT2D eigenvalue weighted by Crippen LogP contribution is 2.27. The van der Waals surface area contributed by atoms with Gasteiger partial charge in [-0.2, -0.15) is 0 Å². The molecule has 5 nitrogen and oxygen atoms in total. The molecule has 1 saturated heterocycles.